The second kappa shape index (κ2) is 7.77. The summed E-state index contributed by atoms with van der Waals surface area (Å²) in [5.74, 6) is 0.780. The van der Waals surface area contributed by atoms with Crippen molar-refractivity contribution >= 4 is 34.2 Å². The number of piperidine rings is 1. The third kappa shape index (κ3) is 3.70. The normalized spacial score (nSPS) is 24.8. The fourth-order valence-electron chi connectivity index (χ4n) is 4.06. The second-order valence-corrected chi connectivity index (χ2v) is 8.80. The van der Waals surface area contributed by atoms with Crippen molar-refractivity contribution in [3.63, 3.8) is 0 Å². The Morgan fingerprint density at radius 1 is 1.19 bits per heavy atom. The van der Waals surface area contributed by atoms with Crippen molar-refractivity contribution in [2.75, 3.05) is 32.7 Å². The molecule has 3 aliphatic heterocycles. The minimum absolute atomic E-state index is 0. The van der Waals surface area contributed by atoms with Gasteiger partial charge in [-0.25, -0.2) is 0 Å². The topological polar surface area (TPSA) is 82.1 Å². The summed E-state index contributed by atoms with van der Waals surface area (Å²) in [5, 5.41) is 3.31. The number of nitrogens with one attached hydrogen (secondary N) is 1. The maximum absolute atomic E-state index is 12.8. The van der Waals surface area contributed by atoms with Crippen LogP contribution in [0.4, 0.5) is 0 Å². The molecule has 148 valence electrons. The number of sulfonamides is 1. The molecule has 1 N–H and O–H groups in total. The minimum atomic E-state index is -3.59. The van der Waals surface area contributed by atoms with E-state index < -0.39 is 10.0 Å². The van der Waals surface area contributed by atoms with E-state index in [0.29, 0.717) is 24.5 Å². The van der Waals surface area contributed by atoms with Gasteiger partial charge in [-0.2, -0.15) is 8.42 Å². The van der Waals surface area contributed by atoms with Crippen molar-refractivity contribution in [2.24, 2.45) is 10.3 Å². The van der Waals surface area contributed by atoms with Gasteiger partial charge in [0.25, 0.3) is 10.0 Å². The Balaban J connectivity index is 0.00000210. The highest BCUT2D eigenvalue weighted by Gasteiger charge is 2.36. The first-order chi connectivity index (χ1) is 12.5. The van der Waals surface area contributed by atoms with Gasteiger partial charge in [0, 0.05) is 50.2 Å². The summed E-state index contributed by atoms with van der Waals surface area (Å²) in [5.41, 5.74) is 0.674. The Morgan fingerprint density at radius 3 is 2.59 bits per heavy atom. The van der Waals surface area contributed by atoms with Crippen LogP contribution < -0.4 is 5.32 Å². The molecule has 1 atom stereocenters. The van der Waals surface area contributed by atoms with Crippen molar-refractivity contribution < 1.29 is 13.2 Å². The van der Waals surface area contributed by atoms with E-state index in [9.17, 15) is 13.2 Å². The van der Waals surface area contributed by atoms with Crippen LogP contribution in [0.5, 0.6) is 0 Å². The Labute approximate surface area is 166 Å². The van der Waals surface area contributed by atoms with Crippen LogP contribution >= 0.6 is 12.4 Å². The smallest absolute Gasteiger partial charge is 0.285 e. The van der Waals surface area contributed by atoms with Crippen molar-refractivity contribution in [1.82, 2.24) is 15.1 Å². The number of rotatable bonds is 1. The van der Waals surface area contributed by atoms with E-state index in [2.05, 4.69) is 16.6 Å². The van der Waals surface area contributed by atoms with Crippen LogP contribution in [0.3, 0.4) is 0 Å². The number of carbonyl (C=O) groups is 1. The van der Waals surface area contributed by atoms with Gasteiger partial charge in [0.05, 0.1) is 0 Å². The van der Waals surface area contributed by atoms with Crippen LogP contribution in [0.25, 0.3) is 0 Å². The molecule has 3 aliphatic rings. The van der Waals surface area contributed by atoms with Gasteiger partial charge in [-0.3, -0.25) is 4.79 Å². The Hall–Kier alpha value is -1.64. The van der Waals surface area contributed by atoms with Crippen LogP contribution in [-0.2, 0) is 14.8 Å². The standard InChI is InChI=1S/C18H24N4O3S.ClH/c1-13-12-19-8-11-22(13)18(23)14-6-9-21(10-7-14)17-15-4-2-3-5-16(15)26(24,25)20-17;/h2-5,13-14,19H,6-12H2,1H3;1H/t13-;/m1./s1. The lowest BCUT2D eigenvalue weighted by Gasteiger charge is -2.39. The van der Waals surface area contributed by atoms with E-state index >= 15 is 0 Å². The van der Waals surface area contributed by atoms with Crippen molar-refractivity contribution in [3.05, 3.63) is 29.8 Å². The number of amidine groups is 1. The van der Waals surface area contributed by atoms with Crippen LogP contribution in [0.15, 0.2) is 33.6 Å². The molecule has 0 radical (unpaired) electrons. The van der Waals surface area contributed by atoms with Crippen LogP contribution in [0.1, 0.15) is 25.3 Å². The van der Waals surface area contributed by atoms with Crippen LogP contribution in [0.2, 0.25) is 0 Å². The van der Waals surface area contributed by atoms with Gasteiger partial charge >= 0.3 is 0 Å². The average molecular weight is 413 g/mol. The monoisotopic (exact) mass is 412 g/mol. The first-order valence-corrected chi connectivity index (χ1v) is 10.6. The molecule has 0 spiro atoms. The fraction of sp³-hybridized carbons (Fsp3) is 0.556. The predicted molar refractivity (Wildman–Crippen MR) is 106 cm³/mol. The molecule has 9 heteroatoms. The summed E-state index contributed by atoms with van der Waals surface area (Å²) in [4.78, 5) is 17.1. The molecule has 1 aromatic carbocycles. The van der Waals surface area contributed by atoms with Crippen LogP contribution in [0, 0.1) is 5.92 Å². The SMILES string of the molecule is C[C@@H]1CNCCN1C(=O)C1CCN(C2=NS(=O)(=O)c3ccccc32)CC1.Cl. The third-order valence-corrected chi connectivity index (χ3v) is 6.87. The quantitative estimate of drug-likeness (QED) is 0.746. The van der Waals surface area contributed by atoms with Gasteiger partial charge in [0.1, 0.15) is 4.90 Å². The fourth-order valence-corrected chi connectivity index (χ4v) is 5.29. The van der Waals surface area contributed by atoms with Gasteiger partial charge in [-0.05, 0) is 31.9 Å². The lowest BCUT2D eigenvalue weighted by Crippen LogP contribution is -2.55. The highest BCUT2D eigenvalue weighted by atomic mass is 35.5. The van der Waals surface area contributed by atoms with Gasteiger partial charge in [0.2, 0.25) is 5.91 Å². The number of likely N-dealkylation sites (tertiary alicyclic amines) is 1. The van der Waals surface area contributed by atoms with Crippen molar-refractivity contribution in [2.45, 2.75) is 30.7 Å². The number of amides is 1. The molecule has 2 fully saturated rings. The maximum atomic E-state index is 12.8. The Morgan fingerprint density at radius 2 is 1.89 bits per heavy atom. The number of hydrogen-bond donors (Lipinski definition) is 1. The van der Waals surface area contributed by atoms with Gasteiger partial charge in [0.15, 0.2) is 5.84 Å². The van der Waals surface area contributed by atoms with Gasteiger partial charge in [-0.1, -0.05) is 12.1 Å². The Kier molecular flexibility index (Phi) is 5.79. The van der Waals surface area contributed by atoms with Crippen molar-refractivity contribution in [1.29, 1.82) is 0 Å². The number of hydrogen-bond acceptors (Lipinski definition) is 5. The summed E-state index contributed by atoms with van der Waals surface area (Å²) in [6.45, 7) is 5.84. The second-order valence-electron chi connectivity index (χ2n) is 7.23. The molecule has 4 rings (SSSR count). The predicted octanol–water partition coefficient (Wildman–Crippen LogP) is 1.09. The van der Waals surface area contributed by atoms with Crippen LogP contribution in [-0.4, -0.2) is 68.7 Å². The summed E-state index contributed by atoms with van der Waals surface area (Å²) >= 11 is 0. The van der Waals surface area contributed by atoms with E-state index in [4.69, 9.17) is 0 Å². The zero-order chi connectivity index (χ0) is 18.3. The molecule has 27 heavy (non-hydrogen) atoms. The number of nitrogens with zero attached hydrogens (tertiary/aromatic N) is 3. The third-order valence-electron chi connectivity index (χ3n) is 5.54. The molecule has 0 saturated carbocycles. The summed E-state index contributed by atoms with van der Waals surface area (Å²) in [6, 6.07) is 7.18. The lowest BCUT2D eigenvalue weighted by atomic mass is 9.94. The molecular weight excluding hydrogens is 388 g/mol. The molecule has 1 amide bonds. The molecule has 1 aromatic rings. The molecule has 7 nitrogen and oxygen atoms in total. The molecule has 0 bridgehead atoms. The minimum Gasteiger partial charge on any atom is -0.355 e. The summed E-state index contributed by atoms with van der Waals surface area (Å²) in [6.07, 6.45) is 1.47. The summed E-state index contributed by atoms with van der Waals surface area (Å²) < 4.78 is 28.5. The molecular formula is C18H25ClN4O3S. The first-order valence-electron chi connectivity index (χ1n) is 9.18. The number of carbonyl (C=O) groups excluding carboxylic acids is 1. The number of fused-ring (bicyclic) bond motifs is 1. The van der Waals surface area contributed by atoms with E-state index in [1.165, 1.54) is 0 Å². The first kappa shape index (κ1) is 20.1. The summed E-state index contributed by atoms with van der Waals surface area (Å²) in [7, 11) is -3.59. The molecule has 3 heterocycles. The van der Waals surface area contributed by atoms with E-state index in [0.717, 1.165) is 32.5 Å². The maximum Gasteiger partial charge on any atom is 0.285 e. The van der Waals surface area contributed by atoms with E-state index in [1.54, 1.807) is 18.2 Å². The highest BCUT2D eigenvalue weighted by Crippen LogP contribution is 2.30. The number of piperazine rings is 1. The molecule has 0 aromatic heterocycles. The number of halogens is 1. The molecule has 2 saturated heterocycles. The van der Waals surface area contributed by atoms with E-state index in [-0.39, 0.29) is 35.2 Å². The number of benzene rings is 1. The van der Waals surface area contributed by atoms with E-state index in [1.807, 2.05) is 15.9 Å². The average Bonchev–Trinajstić information content (AvgIpc) is 2.93. The van der Waals surface area contributed by atoms with Gasteiger partial charge < -0.3 is 15.1 Å². The zero-order valence-electron chi connectivity index (χ0n) is 15.3. The lowest BCUT2D eigenvalue weighted by molar-refractivity contribution is -0.139. The molecule has 0 unspecified atom stereocenters. The Bertz CT molecular complexity index is 850. The highest BCUT2D eigenvalue weighted by molar-refractivity contribution is 7.90. The zero-order valence-corrected chi connectivity index (χ0v) is 16.9. The van der Waals surface area contributed by atoms with Crippen molar-refractivity contribution in [3.8, 4) is 0 Å². The van der Waals surface area contributed by atoms with Gasteiger partial charge in [-0.15, -0.1) is 16.8 Å². The largest absolute Gasteiger partial charge is 0.355 e. The molecule has 0 aliphatic carbocycles.